The zero-order valence-electron chi connectivity index (χ0n) is 9.69. The standard InChI is InChI=1S/C14H16O3/c15-9-3-6-12-5-1-2-8-14(12)17-11-13-7-4-10-16-13/h1-2,5,8,13,15H,4,7,9-11H2. The van der Waals surface area contributed by atoms with Crippen LogP contribution < -0.4 is 4.74 Å². The summed E-state index contributed by atoms with van der Waals surface area (Å²) in [6.45, 7) is 1.26. The Kier molecular flexibility index (Phi) is 4.43. The molecule has 90 valence electrons. The molecular formula is C14H16O3. The van der Waals surface area contributed by atoms with Crippen molar-refractivity contribution in [1.82, 2.24) is 0 Å². The highest BCUT2D eigenvalue weighted by molar-refractivity contribution is 5.45. The minimum absolute atomic E-state index is 0.139. The maximum absolute atomic E-state index is 8.69. The molecule has 0 saturated carbocycles. The molecule has 1 aliphatic rings. The monoisotopic (exact) mass is 232 g/mol. The maximum atomic E-state index is 8.69. The Morgan fingerprint density at radius 1 is 1.41 bits per heavy atom. The molecular weight excluding hydrogens is 216 g/mol. The van der Waals surface area contributed by atoms with Crippen LogP contribution in [0, 0.1) is 11.8 Å². The molecule has 0 aromatic heterocycles. The smallest absolute Gasteiger partial charge is 0.135 e. The van der Waals surface area contributed by atoms with Crippen molar-refractivity contribution in [3.8, 4) is 17.6 Å². The molecule has 17 heavy (non-hydrogen) atoms. The van der Waals surface area contributed by atoms with Crippen molar-refractivity contribution in [3.63, 3.8) is 0 Å². The van der Waals surface area contributed by atoms with Crippen LogP contribution in [0.5, 0.6) is 5.75 Å². The van der Waals surface area contributed by atoms with Gasteiger partial charge in [-0.2, -0.15) is 0 Å². The molecule has 2 rings (SSSR count). The molecule has 1 heterocycles. The van der Waals surface area contributed by atoms with Crippen molar-refractivity contribution in [3.05, 3.63) is 29.8 Å². The number of benzene rings is 1. The van der Waals surface area contributed by atoms with Gasteiger partial charge in [0.1, 0.15) is 19.0 Å². The highest BCUT2D eigenvalue weighted by Gasteiger charge is 2.16. The number of aliphatic hydroxyl groups excluding tert-OH is 1. The van der Waals surface area contributed by atoms with Crippen molar-refractivity contribution in [2.75, 3.05) is 19.8 Å². The van der Waals surface area contributed by atoms with E-state index in [0.29, 0.717) is 6.61 Å². The summed E-state index contributed by atoms with van der Waals surface area (Å²) in [7, 11) is 0. The lowest BCUT2D eigenvalue weighted by Crippen LogP contribution is -2.16. The molecule has 3 heteroatoms. The number of aliphatic hydroxyl groups is 1. The molecule has 1 N–H and O–H groups in total. The van der Waals surface area contributed by atoms with Crippen molar-refractivity contribution in [1.29, 1.82) is 0 Å². The quantitative estimate of drug-likeness (QED) is 0.804. The van der Waals surface area contributed by atoms with Crippen LogP contribution in [0.3, 0.4) is 0 Å². The molecule has 0 bridgehead atoms. The number of rotatable bonds is 3. The zero-order valence-corrected chi connectivity index (χ0v) is 9.69. The molecule has 3 nitrogen and oxygen atoms in total. The predicted molar refractivity (Wildman–Crippen MR) is 64.9 cm³/mol. The van der Waals surface area contributed by atoms with Gasteiger partial charge in [0.25, 0.3) is 0 Å². The first kappa shape index (κ1) is 12.0. The first-order valence-corrected chi connectivity index (χ1v) is 5.83. The average Bonchev–Trinajstić information content (AvgIpc) is 2.88. The molecule has 1 aliphatic heterocycles. The van der Waals surface area contributed by atoms with E-state index in [9.17, 15) is 0 Å². The summed E-state index contributed by atoms with van der Waals surface area (Å²) >= 11 is 0. The van der Waals surface area contributed by atoms with Gasteiger partial charge < -0.3 is 14.6 Å². The molecule has 0 radical (unpaired) electrons. The predicted octanol–water partition coefficient (Wildman–Crippen LogP) is 1.59. The van der Waals surface area contributed by atoms with E-state index in [1.807, 2.05) is 24.3 Å². The fourth-order valence-electron chi connectivity index (χ4n) is 1.79. The van der Waals surface area contributed by atoms with Crippen molar-refractivity contribution >= 4 is 0 Å². The van der Waals surface area contributed by atoms with Crippen molar-refractivity contribution in [2.24, 2.45) is 0 Å². The molecule has 1 saturated heterocycles. The van der Waals surface area contributed by atoms with Gasteiger partial charge >= 0.3 is 0 Å². The third-order valence-electron chi connectivity index (χ3n) is 2.64. The van der Waals surface area contributed by atoms with Crippen LogP contribution in [0.2, 0.25) is 0 Å². The van der Waals surface area contributed by atoms with E-state index in [4.69, 9.17) is 14.6 Å². The summed E-state index contributed by atoms with van der Waals surface area (Å²) in [4.78, 5) is 0. The van der Waals surface area contributed by atoms with Gasteiger partial charge in [0.15, 0.2) is 0 Å². The Morgan fingerprint density at radius 3 is 3.06 bits per heavy atom. The van der Waals surface area contributed by atoms with Gasteiger partial charge in [0.2, 0.25) is 0 Å². The van der Waals surface area contributed by atoms with E-state index in [1.54, 1.807) is 0 Å². The second kappa shape index (κ2) is 6.29. The van der Waals surface area contributed by atoms with Gasteiger partial charge in [-0.3, -0.25) is 0 Å². The summed E-state index contributed by atoms with van der Waals surface area (Å²) in [5.74, 6) is 6.25. The fraction of sp³-hybridized carbons (Fsp3) is 0.429. The molecule has 1 aromatic carbocycles. The summed E-state index contributed by atoms with van der Waals surface area (Å²) in [5, 5.41) is 8.69. The summed E-state index contributed by atoms with van der Waals surface area (Å²) in [6, 6.07) is 7.58. The number of para-hydroxylation sites is 1. The Bertz CT molecular complexity index is 411. The van der Waals surface area contributed by atoms with Crippen LogP contribution in [-0.4, -0.2) is 31.0 Å². The molecule has 1 atom stereocenters. The second-order valence-corrected chi connectivity index (χ2v) is 3.90. The van der Waals surface area contributed by atoms with Crippen LogP contribution in [-0.2, 0) is 4.74 Å². The van der Waals surface area contributed by atoms with Gasteiger partial charge in [0.05, 0.1) is 11.7 Å². The van der Waals surface area contributed by atoms with E-state index < -0.39 is 0 Å². The second-order valence-electron chi connectivity index (χ2n) is 3.90. The molecule has 0 aliphatic carbocycles. The van der Waals surface area contributed by atoms with Gasteiger partial charge in [0, 0.05) is 6.61 Å². The lowest BCUT2D eigenvalue weighted by molar-refractivity contribution is 0.0678. The number of ether oxygens (including phenoxy) is 2. The average molecular weight is 232 g/mol. The fourth-order valence-corrected chi connectivity index (χ4v) is 1.79. The van der Waals surface area contributed by atoms with Crippen LogP contribution >= 0.6 is 0 Å². The minimum atomic E-state index is -0.139. The lowest BCUT2D eigenvalue weighted by atomic mass is 10.2. The number of hydrogen-bond donors (Lipinski definition) is 1. The Labute approximate surface area is 101 Å². The van der Waals surface area contributed by atoms with E-state index in [-0.39, 0.29) is 12.7 Å². The highest BCUT2D eigenvalue weighted by atomic mass is 16.5. The highest BCUT2D eigenvalue weighted by Crippen LogP contribution is 2.19. The molecule has 0 amide bonds. The SMILES string of the molecule is OCC#Cc1ccccc1OCC1CCCO1. The normalized spacial score (nSPS) is 18.5. The van der Waals surface area contributed by atoms with Crippen LogP contribution in [0.25, 0.3) is 0 Å². The van der Waals surface area contributed by atoms with Gasteiger partial charge in [-0.25, -0.2) is 0 Å². The van der Waals surface area contributed by atoms with Gasteiger partial charge in [-0.15, -0.1) is 0 Å². The molecule has 1 unspecified atom stereocenters. The third-order valence-corrected chi connectivity index (χ3v) is 2.64. The van der Waals surface area contributed by atoms with Crippen LogP contribution in [0.4, 0.5) is 0 Å². The first-order chi connectivity index (χ1) is 8.40. The lowest BCUT2D eigenvalue weighted by Gasteiger charge is -2.12. The van der Waals surface area contributed by atoms with E-state index in [2.05, 4.69) is 11.8 Å². The van der Waals surface area contributed by atoms with E-state index in [1.165, 1.54) is 0 Å². The molecule has 1 fully saturated rings. The molecule has 0 spiro atoms. The third kappa shape index (κ3) is 3.48. The largest absolute Gasteiger partial charge is 0.490 e. The van der Waals surface area contributed by atoms with E-state index >= 15 is 0 Å². The van der Waals surface area contributed by atoms with Crippen molar-refractivity contribution in [2.45, 2.75) is 18.9 Å². The zero-order chi connectivity index (χ0) is 11.9. The van der Waals surface area contributed by atoms with Crippen LogP contribution in [0.15, 0.2) is 24.3 Å². The Balaban J connectivity index is 1.98. The van der Waals surface area contributed by atoms with Gasteiger partial charge in [-0.1, -0.05) is 24.0 Å². The van der Waals surface area contributed by atoms with Crippen LogP contribution in [0.1, 0.15) is 18.4 Å². The summed E-state index contributed by atoms with van der Waals surface area (Å²) in [5.41, 5.74) is 0.805. The van der Waals surface area contributed by atoms with E-state index in [0.717, 1.165) is 30.8 Å². The van der Waals surface area contributed by atoms with Crippen molar-refractivity contribution < 1.29 is 14.6 Å². The Morgan fingerprint density at radius 2 is 2.29 bits per heavy atom. The van der Waals surface area contributed by atoms with Gasteiger partial charge in [-0.05, 0) is 25.0 Å². The Hall–Kier alpha value is -1.50. The summed E-state index contributed by atoms with van der Waals surface area (Å²) in [6.07, 6.45) is 2.37. The number of hydrogen-bond acceptors (Lipinski definition) is 3. The summed E-state index contributed by atoms with van der Waals surface area (Å²) < 4.78 is 11.2. The topological polar surface area (TPSA) is 38.7 Å². The molecule has 1 aromatic rings. The maximum Gasteiger partial charge on any atom is 0.135 e. The minimum Gasteiger partial charge on any atom is -0.490 e. The first-order valence-electron chi connectivity index (χ1n) is 5.83.